The van der Waals surface area contributed by atoms with E-state index in [2.05, 4.69) is 14.1 Å². The second kappa shape index (κ2) is 5.89. The van der Waals surface area contributed by atoms with E-state index < -0.39 is 10.0 Å². The van der Waals surface area contributed by atoms with Crippen LogP contribution in [0.4, 0.5) is 5.13 Å². The Morgan fingerprint density at radius 2 is 2.00 bits per heavy atom. The van der Waals surface area contributed by atoms with Crippen molar-refractivity contribution in [3.8, 4) is 0 Å². The largest absolute Gasteiger partial charge is 0.263 e. The summed E-state index contributed by atoms with van der Waals surface area (Å²) in [5.41, 5.74) is 1.10. The van der Waals surface area contributed by atoms with Crippen molar-refractivity contribution in [1.29, 1.82) is 0 Å². The standard InChI is InChI=1S/C11H13N3O2S3/c1-3-8-4-6-9(7-5-8)19(15,16)14-11-12-10(17-2)13-18-11/h4-7H,3H2,1-2H3,(H,12,13,14). The van der Waals surface area contributed by atoms with Gasteiger partial charge in [-0.2, -0.15) is 9.36 Å². The lowest BCUT2D eigenvalue weighted by Crippen LogP contribution is -2.12. The number of aryl methyl sites for hydroxylation is 1. The fourth-order valence-corrected chi connectivity index (χ4v) is 3.76. The summed E-state index contributed by atoms with van der Waals surface area (Å²) in [6, 6.07) is 6.80. The summed E-state index contributed by atoms with van der Waals surface area (Å²) in [6.07, 6.45) is 2.71. The lowest BCUT2D eigenvalue weighted by Gasteiger charge is -2.05. The Kier molecular flexibility index (Phi) is 4.43. The highest BCUT2D eigenvalue weighted by atomic mass is 32.2. The Bertz CT molecular complexity index is 650. The Labute approximate surface area is 120 Å². The molecule has 0 fully saturated rings. The quantitative estimate of drug-likeness (QED) is 0.859. The van der Waals surface area contributed by atoms with Crippen LogP contribution in [0.5, 0.6) is 0 Å². The predicted molar refractivity (Wildman–Crippen MR) is 78.3 cm³/mol. The maximum Gasteiger partial charge on any atom is 0.263 e. The summed E-state index contributed by atoms with van der Waals surface area (Å²) in [6.45, 7) is 2.02. The highest BCUT2D eigenvalue weighted by Crippen LogP contribution is 2.21. The Morgan fingerprint density at radius 1 is 1.32 bits per heavy atom. The van der Waals surface area contributed by atoms with Gasteiger partial charge in [0, 0.05) is 11.5 Å². The Balaban J connectivity index is 2.21. The maximum atomic E-state index is 12.1. The van der Waals surface area contributed by atoms with Crippen LogP contribution >= 0.6 is 23.3 Å². The first-order valence-corrected chi connectivity index (χ1v) is 9.02. The molecule has 0 radical (unpaired) electrons. The second-order valence-electron chi connectivity index (χ2n) is 3.69. The van der Waals surface area contributed by atoms with E-state index in [-0.39, 0.29) is 10.0 Å². The average Bonchev–Trinajstić information content (AvgIpc) is 2.85. The summed E-state index contributed by atoms with van der Waals surface area (Å²) in [7, 11) is -3.58. The van der Waals surface area contributed by atoms with Crippen LogP contribution in [0.3, 0.4) is 0 Å². The zero-order chi connectivity index (χ0) is 13.9. The van der Waals surface area contributed by atoms with Crippen LogP contribution < -0.4 is 4.72 Å². The highest BCUT2D eigenvalue weighted by molar-refractivity contribution is 7.98. The Hall–Kier alpha value is -1.12. The maximum absolute atomic E-state index is 12.1. The lowest BCUT2D eigenvalue weighted by molar-refractivity contribution is 0.601. The van der Waals surface area contributed by atoms with E-state index in [1.165, 1.54) is 11.8 Å². The van der Waals surface area contributed by atoms with Crippen LogP contribution in [0.2, 0.25) is 0 Å². The van der Waals surface area contributed by atoms with Gasteiger partial charge in [0.15, 0.2) is 0 Å². The fourth-order valence-electron chi connectivity index (χ4n) is 1.41. The molecule has 0 unspecified atom stereocenters. The van der Waals surface area contributed by atoms with E-state index in [0.717, 1.165) is 23.5 Å². The third kappa shape index (κ3) is 3.46. The average molecular weight is 315 g/mol. The third-order valence-electron chi connectivity index (χ3n) is 2.45. The zero-order valence-corrected chi connectivity index (χ0v) is 12.9. The smallest absolute Gasteiger partial charge is 0.253 e. The first kappa shape index (κ1) is 14.3. The van der Waals surface area contributed by atoms with E-state index in [9.17, 15) is 8.42 Å². The number of nitrogens with zero attached hydrogens (tertiary/aromatic N) is 2. The minimum absolute atomic E-state index is 0.227. The van der Waals surface area contributed by atoms with Gasteiger partial charge in [0.1, 0.15) is 0 Å². The van der Waals surface area contributed by atoms with Crippen molar-refractivity contribution in [3.63, 3.8) is 0 Å². The van der Waals surface area contributed by atoms with Gasteiger partial charge in [-0.05, 0) is 30.4 Å². The van der Waals surface area contributed by atoms with E-state index in [4.69, 9.17) is 0 Å². The monoisotopic (exact) mass is 315 g/mol. The summed E-state index contributed by atoms with van der Waals surface area (Å²) in [5, 5.41) is 0.841. The SMILES string of the molecule is CCc1ccc(S(=O)(=O)Nc2nc(SC)ns2)cc1. The molecule has 0 atom stereocenters. The topological polar surface area (TPSA) is 72.0 Å². The van der Waals surface area contributed by atoms with Gasteiger partial charge in [-0.3, -0.25) is 4.72 Å². The minimum Gasteiger partial charge on any atom is -0.253 e. The van der Waals surface area contributed by atoms with Crippen molar-refractivity contribution in [2.24, 2.45) is 0 Å². The molecule has 0 saturated heterocycles. The molecule has 0 aliphatic rings. The first-order chi connectivity index (χ1) is 9.05. The van der Waals surface area contributed by atoms with Crippen molar-refractivity contribution >= 4 is 38.4 Å². The van der Waals surface area contributed by atoms with Crippen LogP contribution in [-0.2, 0) is 16.4 Å². The molecule has 8 heteroatoms. The lowest BCUT2D eigenvalue weighted by atomic mass is 10.2. The summed E-state index contributed by atoms with van der Waals surface area (Å²) >= 11 is 2.40. The molecule has 2 aromatic rings. The third-order valence-corrected chi connectivity index (χ3v) is 5.23. The van der Waals surface area contributed by atoms with Gasteiger partial charge in [0.05, 0.1) is 4.90 Å². The summed E-state index contributed by atoms with van der Waals surface area (Å²) in [5.74, 6) is 0. The molecule has 0 amide bonds. The van der Waals surface area contributed by atoms with Crippen molar-refractivity contribution in [2.75, 3.05) is 11.0 Å². The van der Waals surface area contributed by atoms with E-state index in [0.29, 0.717) is 5.16 Å². The molecule has 5 nitrogen and oxygen atoms in total. The number of nitrogens with one attached hydrogen (secondary N) is 1. The van der Waals surface area contributed by atoms with Crippen molar-refractivity contribution in [1.82, 2.24) is 9.36 Å². The van der Waals surface area contributed by atoms with Crippen LogP contribution in [0.1, 0.15) is 12.5 Å². The molecule has 1 N–H and O–H groups in total. The normalized spacial score (nSPS) is 11.5. The minimum atomic E-state index is -3.58. The number of sulfonamides is 1. The number of benzene rings is 1. The molecule has 0 bridgehead atoms. The molecular formula is C11H13N3O2S3. The van der Waals surface area contributed by atoms with Crippen LogP contribution in [0, 0.1) is 0 Å². The first-order valence-electron chi connectivity index (χ1n) is 5.54. The van der Waals surface area contributed by atoms with Crippen molar-refractivity contribution in [3.05, 3.63) is 29.8 Å². The number of aromatic nitrogens is 2. The van der Waals surface area contributed by atoms with Crippen LogP contribution in [0.15, 0.2) is 34.3 Å². The molecule has 0 aliphatic heterocycles. The van der Waals surface area contributed by atoms with Gasteiger partial charge >= 0.3 is 0 Å². The van der Waals surface area contributed by atoms with Crippen molar-refractivity contribution < 1.29 is 8.42 Å². The molecule has 1 heterocycles. The van der Waals surface area contributed by atoms with Crippen molar-refractivity contribution in [2.45, 2.75) is 23.4 Å². The number of thioether (sulfide) groups is 1. The van der Waals surface area contributed by atoms with Gasteiger partial charge in [0.25, 0.3) is 10.0 Å². The fraction of sp³-hybridized carbons (Fsp3) is 0.273. The van der Waals surface area contributed by atoms with Gasteiger partial charge < -0.3 is 0 Å². The highest BCUT2D eigenvalue weighted by Gasteiger charge is 2.16. The van der Waals surface area contributed by atoms with E-state index in [1.54, 1.807) is 12.1 Å². The molecule has 19 heavy (non-hydrogen) atoms. The number of hydrogen-bond donors (Lipinski definition) is 1. The van der Waals surface area contributed by atoms with Gasteiger partial charge in [-0.25, -0.2) is 8.42 Å². The van der Waals surface area contributed by atoms with Gasteiger partial charge in [-0.15, -0.1) is 0 Å². The van der Waals surface area contributed by atoms with E-state index in [1.807, 2.05) is 25.3 Å². The molecular weight excluding hydrogens is 302 g/mol. The van der Waals surface area contributed by atoms with Gasteiger partial charge in [-0.1, -0.05) is 30.8 Å². The second-order valence-corrected chi connectivity index (χ2v) is 6.90. The van der Waals surface area contributed by atoms with E-state index >= 15 is 0 Å². The number of hydrogen-bond acceptors (Lipinski definition) is 6. The molecule has 102 valence electrons. The molecule has 2 rings (SSSR count). The number of anilines is 1. The molecule has 0 saturated carbocycles. The molecule has 0 spiro atoms. The zero-order valence-electron chi connectivity index (χ0n) is 10.5. The molecule has 1 aromatic carbocycles. The number of rotatable bonds is 5. The Morgan fingerprint density at radius 3 is 2.53 bits per heavy atom. The molecule has 0 aliphatic carbocycles. The summed E-state index contributed by atoms with van der Waals surface area (Å²) < 4.78 is 30.7. The summed E-state index contributed by atoms with van der Waals surface area (Å²) in [4.78, 5) is 4.28. The van der Waals surface area contributed by atoms with Gasteiger partial charge in [0.2, 0.25) is 10.3 Å². The van der Waals surface area contributed by atoms with Crippen LogP contribution in [0.25, 0.3) is 0 Å². The predicted octanol–water partition coefficient (Wildman–Crippen LogP) is 2.62. The van der Waals surface area contributed by atoms with Crippen LogP contribution in [-0.4, -0.2) is 24.0 Å². The molecule has 1 aromatic heterocycles.